The fraction of sp³-hybridized carbons (Fsp3) is 0.739. The highest BCUT2D eigenvalue weighted by molar-refractivity contribution is 5.90. The van der Waals surface area contributed by atoms with E-state index >= 15 is 0 Å². The van der Waals surface area contributed by atoms with Crippen LogP contribution in [0.5, 0.6) is 0 Å². The highest BCUT2D eigenvalue weighted by Gasteiger charge is 2.48. The van der Waals surface area contributed by atoms with E-state index in [-0.39, 0.29) is 6.61 Å². The lowest BCUT2D eigenvalue weighted by atomic mass is 9.65. The number of pyridine rings is 1. The molecule has 0 saturated heterocycles. The number of nitrogens with zero attached hydrogens (tertiary/aromatic N) is 2. The predicted octanol–water partition coefficient (Wildman–Crippen LogP) is 3.19. The van der Waals surface area contributed by atoms with Crippen LogP contribution < -0.4 is 5.73 Å². The van der Waals surface area contributed by atoms with Crippen molar-refractivity contribution in [3.8, 4) is 0 Å². The lowest BCUT2D eigenvalue weighted by Crippen LogP contribution is -2.50. The molecule has 0 radical (unpaired) electrons. The molecule has 1 aliphatic rings. The van der Waals surface area contributed by atoms with Crippen LogP contribution in [0, 0.1) is 17.8 Å². The summed E-state index contributed by atoms with van der Waals surface area (Å²) < 4.78 is 6.30. The third kappa shape index (κ3) is 5.56. The summed E-state index contributed by atoms with van der Waals surface area (Å²) in [5.74, 6) is 0.692. The maximum absolute atomic E-state index is 11.7. The van der Waals surface area contributed by atoms with Gasteiger partial charge >= 0.3 is 0 Å². The summed E-state index contributed by atoms with van der Waals surface area (Å²) in [5, 5.41) is 9.12. The minimum Gasteiger partial charge on any atom is -0.396 e. The number of aliphatic hydroxyl groups is 1. The monoisotopic (exact) mass is 405 g/mol. The van der Waals surface area contributed by atoms with Gasteiger partial charge in [-0.1, -0.05) is 27.2 Å². The third-order valence-corrected chi connectivity index (χ3v) is 6.68. The van der Waals surface area contributed by atoms with Gasteiger partial charge in [0.2, 0.25) is 0 Å². The second-order valence-corrected chi connectivity index (χ2v) is 8.64. The highest BCUT2D eigenvalue weighted by Crippen LogP contribution is 2.48. The van der Waals surface area contributed by atoms with Crippen molar-refractivity contribution in [2.75, 3.05) is 33.4 Å². The van der Waals surface area contributed by atoms with Crippen molar-refractivity contribution in [2.45, 2.75) is 58.5 Å². The summed E-state index contributed by atoms with van der Waals surface area (Å²) >= 11 is 0. The lowest BCUT2D eigenvalue weighted by Gasteiger charge is -2.49. The molecule has 29 heavy (non-hydrogen) atoms. The van der Waals surface area contributed by atoms with Crippen molar-refractivity contribution in [2.24, 2.45) is 23.5 Å². The molecule has 1 aromatic rings. The molecule has 0 aromatic carbocycles. The Bertz CT molecular complexity index is 654. The molecule has 6 nitrogen and oxygen atoms in total. The molecule has 1 aliphatic carbocycles. The molecule has 0 bridgehead atoms. The average molecular weight is 406 g/mol. The van der Waals surface area contributed by atoms with Gasteiger partial charge < -0.3 is 20.5 Å². The molecule has 6 heteroatoms. The number of carbonyl (C=O) groups excluding carboxylic acids is 1. The van der Waals surface area contributed by atoms with Gasteiger partial charge in [-0.15, -0.1) is 0 Å². The van der Waals surface area contributed by atoms with Gasteiger partial charge in [-0.2, -0.15) is 0 Å². The lowest BCUT2D eigenvalue weighted by molar-refractivity contribution is -0.133. The Hall–Kier alpha value is -1.50. The van der Waals surface area contributed by atoms with Gasteiger partial charge in [0, 0.05) is 38.9 Å². The van der Waals surface area contributed by atoms with Crippen LogP contribution in [-0.4, -0.2) is 54.2 Å². The number of amides is 1. The van der Waals surface area contributed by atoms with E-state index in [0.717, 1.165) is 50.9 Å². The number of nitrogens with two attached hydrogens (primary N) is 1. The molecule has 2 rings (SSSR count). The van der Waals surface area contributed by atoms with Gasteiger partial charge in [0.1, 0.15) is 5.69 Å². The van der Waals surface area contributed by atoms with Gasteiger partial charge in [-0.25, -0.2) is 0 Å². The predicted molar refractivity (Wildman–Crippen MR) is 116 cm³/mol. The van der Waals surface area contributed by atoms with E-state index in [1.165, 1.54) is 6.42 Å². The molecule has 4 atom stereocenters. The van der Waals surface area contributed by atoms with Crippen molar-refractivity contribution in [3.05, 3.63) is 29.6 Å². The fourth-order valence-corrected chi connectivity index (χ4v) is 5.16. The Morgan fingerprint density at radius 3 is 2.86 bits per heavy atom. The quantitative estimate of drug-likeness (QED) is 0.590. The van der Waals surface area contributed by atoms with Crippen LogP contribution in [0.15, 0.2) is 18.3 Å². The van der Waals surface area contributed by atoms with Crippen LogP contribution in [0.1, 0.15) is 68.9 Å². The third-order valence-electron chi connectivity index (χ3n) is 6.68. The molecule has 1 amide bonds. The number of aliphatic hydroxyl groups excluding tert-OH is 1. The number of carbonyl (C=O) groups is 1. The minimum atomic E-state index is -0.508. The maximum Gasteiger partial charge on any atom is 0.267 e. The maximum atomic E-state index is 11.7. The number of rotatable bonds is 11. The second-order valence-electron chi connectivity index (χ2n) is 8.64. The van der Waals surface area contributed by atoms with Crippen molar-refractivity contribution >= 4 is 5.91 Å². The largest absolute Gasteiger partial charge is 0.396 e. The summed E-state index contributed by atoms with van der Waals surface area (Å²) in [6, 6.07) is 3.80. The Morgan fingerprint density at radius 1 is 1.48 bits per heavy atom. The molecule has 1 heterocycles. The smallest absolute Gasteiger partial charge is 0.267 e. The van der Waals surface area contributed by atoms with Gasteiger partial charge in [-0.3, -0.25) is 9.78 Å². The van der Waals surface area contributed by atoms with E-state index < -0.39 is 11.5 Å². The first kappa shape index (κ1) is 23.8. The summed E-state index contributed by atoms with van der Waals surface area (Å²) in [7, 11) is 1.79. The molecule has 3 unspecified atom stereocenters. The molecule has 0 spiro atoms. The normalized spacial score (nSPS) is 25.9. The van der Waals surface area contributed by atoms with Crippen molar-refractivity contribution in [1.29, 1.82) is 0 Å². The molecule has 0 aliphatic heterocycles. The Morgan fingerprint density at radius 2 is 2.24 bits per heavy atom. The molecule has 1 saturated carbocycles. The van der Waals surface area contributed by atoms with Crippen LogP contribution in [0.4, 0.5) is 0 Å². The fourth-order valence-electron chi connectivity index (χ4n) is 5.16. The van der Waals surface area contributed by atoms with Crippen LogP contribution in [-0.2, 0) is 10.3 Å². The standard InChI is InChI=1S/C23H39N3O3/c1-5-26(15-17(2)8-7-13-27)16-20-10-6-9-18(3)23(20,29-4)19-11-12-25-21(14-19)22(24)28/h11-12,14,17-18,20,27H,5-10,13,15-16H2,1-4H3,(H2,24,28)/t17-,18?,20?,23?/m1/s1. The number of hydrogen-bond donors (Lipinski definition) is 2. The van der Waals surface area contributed by atoms with Gasteiger partial charge in [0.05, 0.1) is 5.60 Å². The molecule has 1 fully saturated rings. The minimum absolute atomic E-state index is 0.258. The average Bonchev–Trinajstić information content (AvgIpc) is 2.72. The molecular weight excluding hydrogens is 366 g/mol. The highest BCUT2D eigenvalue weighted by atomic mass is 16.5. The van der Waals surface area contributed by atoms with E-state index in [0.29, 0.717) is 23.4 Å². The summed E-state index contributed by atoms with van der Waals surface area (Å²) in [4.78, 5) is 18.4. The molecule has 164 valence electrons. The van der Waals surface area contributed by atoms with Crippen LogP contribution in [0.25, 0.3) is 0 Å². The van der Waals surface area contributed by atoms with Crippen LogP contribution in [0.2, 0.25) is 0 Å². The number of methoxy groups -OCH3 is 1. The number of hydrogen-bond acceptors (Lipinski definition) is 5. The zero-order valence-electron chi connectivity index (χ0n) is 18.6. The van der Waals surface area contributed by atoms with E-state index in [1.54, 1.807) is 13.3 Å². The van der Waals surface area contributed by atoms with Crippen LogP contribution in [0.3, 0.4) is 0 Å². The topological polar surface area (TPSA) is 88.7 Å². The van der Waals surface area contributed by atoms with Gasteiger partial charge in [0.15, 0.2) is 0 Å². The number of primary amides is 1. The summed E-state index contributed by atoms with van der Waals surface area (Å²) in [6.07, 6.45) is 6.93. The zero-order valence-corrected chi connectivity index (χ0v) is 18.6. The first-order chi connectivity index (χ1) is 13.9. The van der Waals surface area contributed by atoms with Crippen molar-refractivity contribution < 1.29 is 14.6 Å². The van der Waals surface area contributed by atoms with E-state index in [4.69, 9.17) is 15.6 Å². The zero-order chi connectivity index (χ0) is 21.4. The van der Waals surface area contributed by atoms with E-state index in [1.807, 2.05) is 12.1 Å². The second kappa shape index (κ2) is 11.0. The van der Waals surface area contributed by atoms with E-state index in [2.05, 4.69) is 30.7 Å². The molecule has 1 aromatic heterocycles. The van der Waals surface area contributed by atoms with Crippen molar-refractivity contribution in [3.63, 3.8) is 0 Å². The SMILES string of the molecule is CCN(CC1CCCC(C)C1(OC)c1ccnc(C(N)=O)c1)C[C@H](C)CCCO. The molecular formula is C23H39N3O3. The first-order valence-corrected chi connectivity index (χ1v) is 11.0. The van der Waals surface area contributed by atoms with Crippen molar-refractivity contribution in [1.82, 2.24) is 9.88 Å². The summed E-state index contributed by atoms with van der Waals surface area (Å²) in [5.41, 5.74) is 6.34. The summed E-state index contributed by atoms with van der Waals surface area (Å²) in [6.45, 7) is 9.92. The van der Waals surface area contributed by atoms with Gasteiger partial charge in [-0.05, 0) is 61.8 Å². The number of aromatic nitrogens is 1. The van der Waals surface area contributed by atoms with Crippen LogP contribution >= 0.6 is 0 Å². The Labute approximate surface area is 175 Å². The Balaban J connectivity index is 2.30. The Kier molecular flexibility index (Phi) is 9.05. The first-order valence-electron chi connectivity index (χ1n) is 11.0. The molecule has 3 N–H and O–H groups in total. The number of ether oxygens (including phenoxy) is 1. The van der Waals surface area contributed by atoms with E-state index in [9.17, 15) is 4.79 Å². The van der Waals surface area contributed by atoms with Gasteiger partial charge in [0.25, 0.3) is 5.91 Å².